The molecule has 0 bridgehead atoms. The van der Waals surface area contributed by atoms with E-state index in [9.17, 15) is 0 Å². The molecule has 0 aromatic heterocycles. The molecule has 0 aromatic rings. The van der Waals surface area contributed by atoms with Gasteiger partial charge in [0.25, 0.3) is 0 Å². The monoisotopic (exact) mass is 238 g/mol. The van der Waals surface area contributed by atoms with Crippen molar-refractivity contribution in [2.75, 3.05) is 37.9 Å². The van der Waals surface area contributed by atoms with Crippen LogP contribution in [0.5, 0.6) is 0 Å². The molecule has 0 atom stereocenters. The topological polar surface area (TPSA) is 18.5 Å². The van der Waals surface area contributed by atoms with Gasteiger partial charge in [0.15, 0.2) is 0 Å². The van der Waals surface area contributed by atoms with E-state index in [0.29, 0.717) is 0 Å². The van der Waals surface area contributed by atoms with Crippen molar-refractivity contribution in [2.45, 2.75) is 25.7 Å². The molecule has 0 saturated carbocycles. The summed E-state index contributed by atoms with van der Waals surface area (Å²) < 4.78 is 10.8. The molecule has 0 aliphatic carbocycles. The van der Waals surface area contributed by atoms with E-state index in [1.807, 2.05) is 0 Å². The predicted octanol–water partition coefficient (Wildman–Crippen LogP) is 2.44. The minimum Gasteiger partial charge on any atom is -0.381 e. The third-order valence-electron chi connectivity index (χ3n) is 1.72. The van der Waals surface area contributed by atoms with Crippen LogP contribution in [-0.2, 0) is 9.47 Å². The van der Waals surface area contributed by atoms with Gasteiger partial charge in [-0.3, -0.25) is 0 Å². The molecule has 2 nitrogen and oxygen atoms in total. The zero-order valence-electron chi connectivity index (χ0n) is 8.78. The molecule has 0 N–H and O–H groups in total. The average molecular weight is 238 g/mol. The maximum atomic E-state index is 5.39. The molecule has 14 heavy (non-hydrogen) atoms. The second kappa shape index (κ2) is 13.6. The molecule has 4 heteroatoms. The molecule has 0 aromatic carbocycles. The second-order valence-electron chi connectivity index (χ2n) is 3.09. The summed E-state index contributed by atoms with van der Waals surface area (Å²) in [6.07, 6.45) is 4.27. The van der Waals surface area contributed by atoms with Crippen LogP contribution >= 0.6 is 25.3 Å². The van der Waals surface area contributed by atoms with E-state index < -0.39 is 0 Å². The van der Waals surface area contributed by atoms with Gasteiger partial charge in [-0.2, -0.15) is 25.3 Å². The maximum Gasteiger partial charge on any atom is 0.0473 e. The Morgan fingerprint density at radius 1 is 0.571 bits per heavy atom. The quantitative estimate of drug-likeness (QED) is 0.425. The van der Waals surface area contributed by atoms with Gasteiger partial charge in [0.2, 0.25) is 0 Å². The Morgan fingerprint density at radius 3 is 1.29 bits per heavy atom. The fourth-order valence-electron chi connectivity index (χ4n) is 0.946. The van der Waals surface area contributed by atoms with E-state index in [1.165, 1.54) is 0 Å². The molecular weight excluding hydrogens is 216 g/mol. The zero-order chi connectivity index (χ0) is 10.5. The van der Waals surface area contributed by atoms with Crippen molar-refractivity contribution >= 4 is 25.3 Å². The first-order chi connectivity index (χ1) is 6.91. The Kier molecular flexibility index (Phi) is 14.2. The van der Waals surface area contributed by atoms with Crippen LogP contribution in [-0.4, -0.2) is 37.9 Å². The number of unbranched alkanes of at least 4 members (excludes halogenated alkanes) is 1. The molecule has 0 heterocycles. The molecule has 0 spiro atoms. The van der Waals surface area contributed by atoms with E-state index in [4.69, 9.17) is 9.47 Å². The van der Waals surface area contributed by atoms with Crippen molar-refractivity contribution in [3.05, 3.63) is 0 Å². The summed E-state index contributed by atoms with van der Waals surface area (Å²) in [5.74, 6) is 1.82. The van der Waals surface area contributed by atoms with Crippen LogP contribution in [0.3, 0.4) is 0 Å². The minimum absolute atomic E-state index is 0.837. The Hall–Kier alpha value is 0.620. The summed E-state index contributed by atoms with van der Waals surface area (Å²) in [7, 11) is 0. The van der Waals surface area contributed by atoms with E-state index in [0.717, 1.165) is 63.6 Å². The number of rotatable bonds is 11. The molecule has 0 aliphatic rings. The van der Waals surface area contributed by atoms with E-state index >= 15 is 0 Å². The summed E-state index contributed by atoms with van der Waals surface area (Å²) in [4.78, 5) is 0. The summed E-state index contributed by atoms with van der Waals surface area (Å²) in [5.41, 5.74) is 0. The second-order valence-corrected chi connectivity index (χ2v) is 3.98. The number of thiol groups is 2. The van der Waals surface area contributed by atoms with Crippen LogP contribution < -0.4 is 0 Å². The van der Waals surface area contributed by atoms with Crippen LogP contribution in [0.25, 0.3) is 0 Å². The fraction of sp³-hybridized carbons (Fsp3) is 1.00. The van der Waals surface area contributed by atoms with Crippen molar-refractivity contribution in [1.29, 1.82) is 0 Å². The van der Waals surface area contributed by atoms with Crippen molar-refractivity contribution in [3.63, 3.8) is 0 Å². The number of hydrogen-bond donors (Lipinski definition) is 2. The van der Waals surface area contributed by atoms with Gasteiger partial charge >= 0.3 is 0 Å². The zero-order valence-corrected chi connectivity index (χ0v) is 10.6. The molecule has 0 unspecified atom stereocenters. The molecule has 0 fully saturated rings. The van der Waals surface area contributed by atoms with Crippen LogP contribution in [0.4, 0.5) is 0 Å². The Balaban J connectivity index is 2.78. The fourth-order valence-corrected chi connectivity index (χ4v) is 1.20. The summed E-state index contributed by atoms with van der Waals surface area (Å²) in [6, 6.07) is 0. The predicted molar refractivity (Wildman–Crippen MR) is 67.8 cm³/mol. The lowest BCUT2D eigenvalue weighted by molar-refractivity contribution is 0.104. The van der Waals surface area contributed by atoms with Crippen molar-refractivity contribution in [2.24, 2.45) is 0 Å². The minimum atomic E-state index is 0.837. The number of hydrogen-bond acceptors (Lipinski definition) is 4. The van der Waals surface area contributed by atoms with Crippen molar-refractivity contribution < 1.29 is 9.47 Å². The molecular formula is C10H22O2S2. The molecule has 86 valence electrons. The van der Waals surface area contributed by atoms with Crippen LogP contribution in [0.2, 0.25) is 0 Å². The lowest BCUT2D eigenvalue weighted by Gasteiger charge is -2.04. The van der Waals surface area contributed by atoms with Crippen LogP contribution in [0.1, 0.15) is 25.7 Å². The van der Waals surface area contributed by atoms with Gasteiger partial charge in [0.1, 0.15) is 0 Å². The first-order valence-corrected chi connectivity index (χ1v) is 6.55. The lowest BCUT2D eigenvalue weighted by Crippen LogP contribution is -2.01. The highest BCUT2D eigenvalue weighted by Gasteiger charge is 1.91. The SMILES string of the molecule is SCCCOCCCCOCCCS. The van der Waals surface area contributed by atoms with Crippen molar-refractivity contribution in [3.8, 4) is 0 Å². The Labute approximate surface area is 98.6 Å². The molecule has 0 amide bonds. The smallest absolute Gasteiger partial charge is 0.0473 e. The molecule has 0 aliphatic heterocycles. The van der Waals surface area contributed by atoms with Gasteiger partial charge in [0.05, 0.1) is 0 Å². The van der Waals surface area contributed by atoms with E-state index in [2.05, 4.69) is 25.3 Å². The highest BCUT2D eigenvalue weighted by molar-refractivity contribution is 7.80. The van der Waals surface area contributed by atoms with Gasteiger partial charge < -0.3 is 9.47 Å². The standard InChI is InChI=1S/C10H22O2S2/c13-9-3-7-11-5-1-2-6-12-8-4-10-14/h13-14H,1-10H2. The van der Waals surface area contributed by atoms with E-state index in [-0.39, 0.29) is 0 Å². The third kappa shape index (κ3) is 12.6. The van der Waals surface area contributed by atoms with Gasteiger partial charge in [-0.15, -0.1) is 0 Å². The normalized spacial score (nSPS) is 10.7. The average Bonchev–Trinajstić information content (AvgIpc) is 2.21. The maximum absolute atomic E-state index is 5.39. The number of ether oxygens (including phenoxy) is 2. The van der Waals surface area contributed by atoms with E-state index in [1.54, 1.807) is 0 Å². The lowest BCUT2D eigenvalue weighted by atomic mass is 10.3. The third-order valence-corrected chi connectivity index (χ3v) is 2.35. The first kappa shape index (κ1) is 14.6. The molecule has 0 saturated heterocycles. The van der Waals surface area contributed by atoms with Gasteiger partial charge in [-0.25, -0.2) is 0 Å². The Morgan fingerprint density at radius 2 is 0.929 bits per heavy atom. The molecule has 0 radical (unpaired) electrons. The molecule has 0 rings (SSSR count). The van der Waals surface area contributed by atoms with Gasteiger partial charge in [-0.05, 0) is 37.2 Å². The van der Waals surface area contributed by atoms with Gasteiger partial charge in [0, 0.05) is 26.4 Å². The summed E-state index contributed by atoms with van der Waals surface area (Å²) >= 11 is 8.21. The highest BCUT2D eigenvalue weighted by atomic mass is 32.1. The Bertz CT molecular complexity index is 90.1. The summed E-state index contributed by atoms with van der Waals surface area (Å²) in [5, 5.41) is 0. The van der Waals surface area contributed by atoms with Crippen molar-refractivity contribution in [1.82, 2.24) is 0 Å². The van der Waals surface area contributed by atoms with Crippen LogP contribution in [0, 0.1) is 0 Å². The summed E-state index contributed by atoms with van der Waals surface area (Å²) in [6.45, 7) is 3.38. The highest BCUT2D eigenvalue weighted by Crippen LogP contribution is 1.94. The largest absolute Gasteiger partial charge is 0.381 e. The first-order valence-electron chi connectivity index (χ1n) is 5.29. The van der Waals surface area contributed by atoms with Gasteiger partial charge in [-0.1, -0.05) is 0 Å². The van der Waals surface area contributed by atoms with Crippen LogP contribution in [0.15, 0.2) is 0 Å².